The molecule has 5 rings (SSSR count). The van der Waals surface area contributed by atoms with Crippen molar-refractivity contribution in [1.29, 1.82) is 0 Å². The molecule has 32 heavy (non-hydrogen) atoms. The molecule has 0 bridgehead atoms. The van der Waals surface area contributed by atoms with E-state index in [1.807, 2.05) is 0 Å². The fourth-order valence-corrected chi connectivity index (χ4v) is 4.32. The number of rotatable bonds is 5. The fraction of sp³-hybridized carbons (Fsp3) is 0.167. The van der Waals surface area contributed by atoms with Gasteiger partial charge in [0.2, 0.25) is 0 Å². The normalized spacial score (nSPS) is 18.6. The van der Waals surface area contributed by atoms with Crippen LogP contribution in [0.2, 0.25) is 0 Å². The molecule has 1 aliphatic carbocycles. The van der Waals surface area contributed by atoms with Gasteiger partial charge in [-0.25, -0.2) is 0 Å². The van der Waals surface area contributed by atoms with Crippen LogP contribution in [-0.4, -0.2) is 30.7 Å². The van der Waals surface area contributed by atoms with E-state index in [4.69, 9.17) is 14.2 Å². The number of nitro groups is 1. The lowest BCUT2D eigenvalue weighted by atomic mass is 9.81. The van der Waals surface area contributed by atoms with Crippen molar-refractivity contribution in [2.75, 3.05) is 14.2 Å². The van der Waals surface area contributed by atoms with Crippen LogP contribution >= 0.6 is 0 Å². The van der Waals surface area contributed by atoms with Gasteiger partial charge in [0.15, 0.2) is 11.6 Å². The maximum absolute atomic E-state index is 13.4. The number of ketones is 2. The number of benzene rings is 3. The van der Waals surface area contributed by atoms with E-state index in [0.717, 1.165) is 0 Å². The van der Waals surface area contributed by atoms with E-state index in [0.29, 0.717) is 16.7 Å². The Labute approximate surface area is 182 Å². The predicted molar refractivity (Wildman–Crippen MR) is 113 cm³/mol. The van der Waals surface area contributed by atoms with Crippen LogP contribution < -0.4 is 9.47 Å². The van der Waals surface area contributed by atoms with Crippen molar-refractivity contribution < 1.29 is 28.7 Å². The molecule has 1 fully saturated rings. The Balaban J connectivity index is 1.66. The van der Waals surface area contributed by atoms with E-state index < -0.39 is 17.1 Å². The smallest absolute Gasteiger partial charge is 0.275 e. The summed E-state index contributed by atoms with van der Waals surface area (Å²) in [7, 11) is 2.82. The highest BCUT2D eigenvalue weighted by Crippen LogP contribution is 2.57. The quantitative estimate of drug-likeness (QED) is 0.265. The SMILES string of the molecule is COc1cc([C@@H]2O[C@H]2c2ccccc2[N+](=O)[O-])c(OC)c2c1C(=O)c1ccccc1C2=O. The van der Waals surface area contributed by atoms with Crippen LogP contribution in [0, 0.1) is 10.1 Å². The predicted octanol–water partition coefficient (Wildman–Crippen LogP) is 4.20. The molecule has 0 saturated carbocycles. The molecule has 0 amide bonds. The van der Waals surface area contributed by atoms with Crippen LogP contribution in [0.3, 0.4) is 0 Å². The highest BCUT2D eigenvalue weighted by Gasteiger charge is 2.48. The lowest BCUT2D eigenvalue weighted by Crippen LogP contribution is -2.23. The second-order valence-corrected chi connectivity index (χ2v) is 7.45. The van der Waals surface area contributed by atoms with E-state index in [1.165, 1.54) is 20.3 Å². The van der Waals surface area contributed by atoms with Gasteiger partial charge in [0.25, 0.3) is 5.69 Å². The van der Waals surface area contributed by atoms with E-state index in [9.17, 15) is 19.7 Å². The number of hydrogen-bond donors (Lipinski definition) is 0. The number of carbonyl (C=O) groups is 2. The number of hydrogen-bond acceptors (Lipinski definition) is 7. The van der Waals surface area contributed by atoms with Crippen LogP contribution in [0.25, 0.3) is 0 Å². The summed E-state index contributed by atoms with van der Waals surface area (Å²) in [5.41, 5.74) is 1.71. The molecule has 0 aromatic heterocycles. The van der Waals surface area contributed by atoms with Crippen molar-refractivity contribution >= 4 is 17.3 Å². The molecule has 0 N–H and O–H groups in total. The van der Waals surface area contributed by atoms with Gasteiger partial charge in [0.05, 0.1) is 35.8 Å². The van der Waals surface area contributed by atoms with Crippen LogP contribution in [-0.2, 0) is 4.74 Å². The number of nitrogens with zero attached hydrogens (tertiary/aromatic N) is 1. The maximum Gasteiger partial charge on any atom is 0.275 e. The zero-order chi connectivity index (χ0) is 22.6. The van der Waals surface area contributed by atoms with Gasteiger partial charge in [-0.1, -0.05) is 36.4 Å². The number of carbonyl (C=O) groups excluding carboxylic acids is 2. The van der Waals surface area contributed by atoms with E-state index in [1.54, 1.807) is 48.5 Å². The Hall–Kier alpha value is -4.04. The van der Waals surface area contributed by atoms with Crippen LogP contribution in [0.15, 0.2) is 54.6 Å². The molecule has 3 aromatic carbocycles. The van der Waals surface area contributed by atoms with Crippen molar-refractivity contribution in [2.45, 2.75) is 12.2 Å². The monoisotopic (exact) mass is 431 g/mol. The van der Waals surface area contributed by atoms with E-state index in [2.05, 4.69) is 0 Å². The summed E-state index contributed by atoms with van der Waals surface area (Å²) in [4.78, 5) is 37.6. The number of para-hydroxylation sites is 1. The van der Waals surface area contributed by atoms with Gasteiger partial charge in [-0.3, -0.25) is 19.7 Å². The molecule has 8 nitrogen and oxygen atoms in total. The summed E-state index contributed by atoms with van der Waals surface area (Å²) >= 11 is 0. The van der Waals surface area contributed by atoms with Crippen LogP contribution in [0.1, 0.15) is 55.2 Å². The van der Waals surface area contributed by atoms with Crippen LogP contribution in [0.5, 0.6) is 11.5 Å². The van der Waals surface area contributed by atoms with E-state index >= 15 is 0 Å². The lowest BCUT2D eigenvalue weighted by Gasteiger charge is -2.23. The minimum atomic E-state index is -0.592. The van der Waals surface area contributed by atoms with Gasteiger partial charge in [0, 0.05) is 22.8 Å². The summed E-state index contributed by atoms with van der Waals surface area (Å²) in [5.74, 6) is -0.251. The summed E-state index contributed by atoms with van der Waals surface area (Å²) < 4.78 is 16.9. The number of nitro benzene ring substituents is 1. The summed E-state index contributed by atoms with van der Waals surface area (Å²) in [6, 6.07) is 14.5. The number of methoxy groups -OCH3 is 2. The third kappa shape index (κ3) is 2.80. The highest BCUT2D eigenvalue weighted by molar-refractivity contribution is 6.30. The molecule has 3 aromatic rings. The second-order valence-electron chi connectivity index (χ2n) is 7.45. The van der Waals surface area contributed by atoms with Crippen molar-refractivity contribution in [3.05, 3.63) is 98.1 Å². The fourth-order valence-electron chi connectivity index (χ4n) is 4.32. The summed E-state index contributed by atoms with van der Waals surface area (Å²) in [5, 5.41) is 11.4. The zero-order valence-corrected chi connectivity index (χ0v) is 17.2. The molecule has 8 heteroatoms. The van der Waals surface area contributed by atoms with Gasteiger partial charge in [0.1, 0.15) is 23.7 Å². The van der Waals surface area contributed by atoms with Gasteiger partial charge < -0.3 is 14.2 Å². The molecule has 0 spiro atoms. The van der Waals surface area contributed by atoms with E-state index in [-0.39, 0.29) is 45.4 Å². The molecule has 2 atom stereocenters. The van der Waals surface area contributed by atoms with Gasteiger partial charge in [-0.05, 0) is 12.1 Å². The van der Waals surface area contributed by atoms with Crippen LogP contribution in [0.4, 0.5) is 5.69 Å². The molecule has 2 aliphatic rings. The molecule has 1 saturated heterocycles. The first-order valence-corrected chi connectivity index (χ1v) is 9.84. The first-order chi connectivity index (χ1) is 15.5. The third-order valence-corrected chi connectivity index (χ3v) is 5.80. The molecule has 0 radical (unpaired) electrons. The zero-order valence-electron chi connectivity index (χ0n) is 17.2. The minimum Gasteiger partial charge on any atom is -0.496 e. The second kappa shape index (κ2) is 7.28. The lowest BCUT2D eigenvalue weighted by molar-refractivity contribution is -0.385. The number of epoxide rings is 1. The molecule has 1 heterocycles. The Morgan fingerprint density at radius 1 is 0.844 bits per heavy atom. The Kier molecular flexibility index (Phi) is 4.53. The first kappa shape index (κ1) is 19.9. The molecule has 1 aliphatic heterocycles. The average Bonchev–Trinajstić information content (AvgIpc) is 3.61. The molecule has 160 valence electrons. The van der Waals surface area contributed by atoms with Crippen molar-refractivity contribution in [1.82, 2.24) is 0 Å². The molecule has 0 unspecified atom stereocenters. The van der Waals surface area contributed by atoms with Gasteiger partial charge in [-0.2, -0.15) is 0 Å². The standard InChI is InChI=1S/C24H17NO7/c1-30-17-11-15(24-23(32-24)14-9-5-6-10-16(14)25(28)29)22(31-2)19-18(17)20(26)12-7-3-4-8-13(12)21(19)27/h3-11,23-24H,1-2H3/t23-,24-/m0/s1. The third-order valence-electron chi connectivity index (χ3n) is 5.80. The first-order valence-electron chi connectivity index (χ1n) is 9.84. The Morgan fingerprint density at radius 3 is 2.06 bits per heavy atom. The molecular formula is C24H17NO7. The Bertz CT molecular complexity index is 1310. The summed E-state index contributed by atoms with van der Waals surface area (Å²) in [6.07, 6.45) is -1.18. The summed E-state index contributed by atoms with van der Waals surface area (Å²) in [6.45, 7) is 0. The number of fused-ring (bicyclic) bond motifs is 2. The van der Waals surface area contributed by atoms with Crippen molar-refractivity contribution in [3.63, 3.8) is 0 Å². The largest absolute Gasteiger partial charge is 0.496 e. The highest BCUT2D eigenvalue weighted by atomic mass is 16.6. The topological polar surface area (TPSA) is 108 Å². The van der Waals surface area contributed by atoms with Crippen molar-refractivity contribution in [3.8, 4) is 11.5 Å². The number of ether oxygens (including phenoxy) is 3. The van der Waals surface area contributed by atoms with Gasteiger partial charge >= 0.3 is 0 Å². The molecular weight excluding hydrogens is 414 g/mol. The Morgan fingerprint density at radius 2 is 1.44 bits per heavy atom. The minimum absolute atomic E-state index is 0.0518. The van der Waals surface area contributed by atoms with Gasteiger partial charge in [-0.15, -0.1) is 0 Å². The average molecular weight is 431 g/mol. The van der Waals surface area contributed by atoms with Crippen molar-refractivity contribution in [2.24, 2.45) is 0 Å². The maximum atomic E-state index is 13.4.